The number of rotatable bonds is 13. The van der Waals surface area contributed by atoms with Gasteiger partial charge in [-0.1, -0.05) is 139 Å². The van der Waals surface area contributed by atoms with Crippen molar-refractivity contribution in [3.05, 3.63) is 156 Å². The molecule has 1 aliphatic heterocycles. The second-order valence-electron chi connectivity index (χ2n) is 13.3. The van der Waals surface area contributed by atoms with E-state index in [0.717, 1.165) is 56.0 Å². The number of nitrogens with one attached hydrogen (secondary N) is 1. The van der Waals surface area contributed by atoms with Crippen molar-refractivity contribution in [2.75, 3.05) is 5.75 Å². The topological polar surface area (TPSA) is 120 Å². The molecule has 1 fully saturated rings. The average molecular weight is 755 g/mol. The second-order valence-corrected chi connectivity index (χ2v) is 14.3. The first-order valence-electron chi connectivity index (χ1n) is 18.2. The van der Waals surface area contributed by atoms with Crippen molar-refractivity contribution in [1.82, 2.24) is 10.3 Å². The minimum Gasteiger partial charge on any atom is -0.453 e. The summed E-state index contributed by atoms with van der Waals surface area (Å²) < 4.78 is 24.6. The molecule has 0 aliphatic carbocycles. The molecule has 2 heterocycles. The Hall–Kier alpha value is -5.52. The molecule has 0 radical (unpaired) electrons. The fourth-order valence-electron chi connectivity index (χ4n) is 6.46. The molecule has 0 bridgehead atoms. The highest BCUT2D eigenvalue weighted by molar-refractivity contribution is 7.99. The van der Waals surface area contributed by atoms with Crippen molar-refractivity contribution in [2.45, 2.75) is 63.2 Å². The summed E-state index contributed by atoms with van der Waals surface area (Å²) >= 11 is 1.52. The monoisotopic (exact) mass is 754 g/mol. The van der Waals surface area contributed by atoms with Gasteiger partial charge in [-0.3, -0.25) is 9.59 Å². The zero-order valence-corrected chi connectivity index (χ0v) is 31.4. The van der Waals surface area contributed by atoms with Crippen LogP contribution < -0.4 is 5.32 Å². The Morgan fingerprint density at radius 1 is 0.800 bits per heavy atom. The van der Waals surface area contributed by atoms with Gasteiger partial charge in [0.15, 0.2) is 18.2 Å². The van der Waals surface area contributed by atoms with Crippen molar-refractivity contribution in [1.29, 1.82) is 0 Å². The van der Waals surface area contributed by atoms with E-state index in [-0.39, 0.29) is 24.7 Å². The lowest BCUT2D eigenvalue weighted by Gasteiger charge is -2.36. The van der Waals surface area contributed by atoms with Gasteiger partial charge in [0.05, 0.1) is 18.8 Å². The maximum absolute atomic E-state index is 12.4. The van der Waals surface area contributed by atoms with Crippen LogP contribution in [-0.2, 0) is 37.0 Å². The predicted molar refractivity (Wildman–Crippen MR) is 211 cm³/mol. The van der Waals surface area contributed by atoms with Gasteiger partial charge in [0, 0.05) is 42.3 Å². The molecule has 5 aromatic carbocycles. The van der Waals surface area contributed by atoms with Gasteiger partial charge >= 0.3 is 5.97 Å². The molecule has 4 atom stereocenters. The van der Waals surface area contributed by atoms with E-state index >= 15 is 0 Å². The van der Waals surface area contributed by atoms with Gasteiger partial charge in [-0.15, -0.1) is 0 Å². The quantitative estimate of drug-likeness (QED) is 0.0879. The summed E-state index contributed by atoms with van der Waals surface area (Å²) in [5.41, 5.74) is 8.37. The highest BCUT2D eigenvalue weighted by Crippen LogP contribution is 2.41. The first-order chi connectivity index (χ1) is 26.8. The van der Waals surface area contributed by atoms with Crippen LogP contribution in [0.2, 0.25) is 0 Å². The Balaban J connectivity index is 1.08. The first kappa shape index (κ1) is 37.8. The summed E-state index contributed by atoms with van der Waals surface area (Å²) in [6.07, 6.45) is -1.29. The lowest BCUT2D eigenvalue weighted by atomic mass is 9.99. The number of aliphatic hydroxyl groups is 1. The van der Waals surface area contributed by atoms with E-state index in [9.17, 15) is 14.7 Å². The number of aromatic nitrogens is 1. The molecule has 10 heteroatoms. The standard InChI is InChI=1S/C45H42N2O7S/c1-29(51-30(2)49)43(50)46-26-32-10-9-15-38(24-32)33-20-22-37(23-21-33)44-52-39(25-40(53-44)34-18-16-31(27-48)17-19-34)28-55-45-47-41(35-11-5-3-6-12-35)42(54-45)36-13-7-4-8-14-36/h3-24,29,39-40,44,48H,25-28H2,1-2H3,(H,46,50)/t29-,39+,40-,44-/m0/s1. The van der Waals surface area contributed by atoms with Gasteiger partial charge in [0.25, 0.3) is 11.1 Å². The summed E-state index contributed by atoms with van der Waals surface area (Å²) in [5, 5.41) is 13.0. The van der Waals surface area contributed by atoms with Crippen molar-refractivity contribution < 1.29 is 33.3 Å². The van der Waals surface area contributed by atoms with Gasteiger partial charge < -0.3 is 29.1 Å². The highest BCUT2D eigenvalue weighted by atomic mass is 32.2. The van der Waals surface area contributed by atoms with Crippen molar-refractivity contribution in [3.8, 4) is 33.7 Å². The fraction of sp³-hybridized carbons (Fsp3) is 0.222. The maximum atomic E-state index is 12.4. The van der Waals surface area contributed by atoms with Crippen LogP contribution in [0.4, 0.5) is 0 Å². The minimum atomic E-state index is -0.864. The molecule has 0 saturated carbocycles. The molecular weight excluding hydrogens is 713 g/mol. The van der Waals surface area contributed by atoms with Crippen LogP contribution in [0.1, 0.15) is 54.9 Å². The van der Waals surface area contributed by atoms with Crippen LogP contribution in [0.25, 0.3) is 33.7 Å². The van der Waals surface area contributed by atoms with E-state index in [2.05, 4.69) is 5.32 Å². The second kappa shape index (κ2) is 17.7. The summed E-state index contributed by atoms with van der Waals surface area (Å²) in [6, 6.07) is 44.0. The SMILES string of the molecule is CC(=O)O[C@@H](C)C(=O)NCc1cccc(-c2ccc([C@H]3O[C@@H](CSc4nc(-c5ccccc5)c(-c5ccccc5)o4)C[C@@H](c4ccc(CO)cc4)O3)cc2)c1. The predicted octanol–water partition coefficient (Wildman–Crippen LogP) is 9.07. The van der Waals surface area contributed by atoms with Crippen LogP contribution in [-0.4, -0.2) is 39.9 Å². The number of oxazole rings is 1. The third kappa shape index (κ3) is 9.59. The van der Waals surface area contributed by atoms with Gasteiger partial charge in [0.2, 0.25) is 0 Å². The van der Waals surface area contributed by atoms with Crippen LogP contribution in [0, 0.1) is 0 Å². The fourth-order valence-corrected chi connectivity index (χ4v) is 7.30. The van der Waals surface area contributed by atoms with Crippen molar-refractivity contribution >= 4 is 23.6 Å². The lowest BCUT2D eigenvalue weighted by molar-refractivity contribution is -0.245. The smallest absolute Gasteiger partial charge is 0.303 e. The number of benzene rings is 5. The number of aliphatic hydroxyl groups excluding tert-OH is 1. The number of hydrogen-bond acceptors (Lipinski definition) is 9. The van der Waals surface area contributed by atoms with Crippen molar-refractivity contribution in [2.24, 2.45) is 0 Å². The van der Waals surface area contributed by atoms with E-state index in [1.165, 1.54) is 18.7 Å². The van der Waals surface area contributed by atoms with Crippen LogP contribution >= 0.6 is 11.8 Å². The van der Waals surface area contributed by atoms with Gasteiger partial charge in [-0.25, -0.2) is 4.98 Å². The number of ether oxygens (including phenoxy) is 3. The maximum Gasteiger partial charge on any atom is 0.303 e. The Morgan fingerprint density at radius 2 is 1.47 bits per heavy atom. The average Bonchev–Trinajstić information content (AvgIpc) is 3.67. The summed E-state index contributed by atoms with van der Waals surface area (Å²) in [6.45, 7) is 3.10. The van der Waals surface area contributed by atoms with Crippen molar-refractivity contribution in [3.63, 3.8) is 0 Å². The molecule has 7 rings (SSSR count). The summed E-state index contributed by atoms with van der Waals surface area (Å²) in [7, 11) is 0. The molecule has 0 spiro atoms. The number of amides is 1. The zero-order chi connectivity index (χ0) is 38.1. The Kier molecular flexibility index (Phi) is 12.2. The molecule has 9 nitrogen and oxygen atoms in total. The van der Waals surface area contributed by atoms with E-state index in [0.29, 0.717) is 23.9 Å². The summed E-state index contributed by atoms with van der Waals surface area (Å²) in [4.78, 5) is 28.5. The minimum absolute atomic E-state index is 0.0257. The van der Waals surface area contributed by atoms with Crippen LogP contribution in [0.3, 0.4) is 0 Å². The number of carbonyl (C=O) groups excluding carboxylic acids is 2. The molecule has 280 valence electrons. The number of hydrogen-bond donors (Lipinski definition) is 2. The molecule has 6 aromatic rings. The normalized spacial score (nSPS) is 17.3. The molecule has 1 aromatic heterocycles. The van der Waals surface area contributed by atoms with Crippen LogP contribution in [0.5, 0.6) is 0 Å². The largest absolute Gasteiger partial charge is 0.453 e. The molecule has 1 aliphatic rings. The molecule has 1 amide bonds. The Bertz CT molecular complexity index is 2130. The number of carbonyl (C=O) groups is 2. The first-order valence-corrected chi connectivity index (χ1v) is 19.2. The van der Waals surface area contributed by atoms with E-state index in [1.54, 1.807) is 6.92 Å². The van der Waals surface area contributed by atoms with Gasteiger partial charge in [-0.2, -0.15) is 0 Å². The number of nitrogens with zero attached hydrogens (tertiary/aromatic N) is 1. The van der Waals surface area contributed by atoms with Crippen LogP contribution in [0.15, 0.2) is 143 Å². The molecule has 55 heavy (non-hydrogen) atoms. The number of thioether (sulfide) groups is 1. The zero-order valence-electron chi connectivity index (χ0n) is 30.6. The van der Waals surface area contributed by atoms with E-state index < -0.39 is 18.4 Å². The Labute approximate surface area is 324 Å². The third-order valence-corrected chi connectivity index (χ3v) is 10.3. The molecule has 2 N–H and O–H groups in total. The lowest BCUT2D eigenvalue weighted by Crippen LogP contribution is -2.35. The highest BCUT2D eigenvalue weighted by Gasteiger charge is 2.33. The molecule has 1 saturated heterocycles. The molecule has 0 unspecified atom stereocenters. The van der Waals surface area contributed by atoms with E-state index in [1.807, 2.05) is 133 Å². The van der Waals surface area contributed by atoms with Gasteiger partial charge in [-0.05, 0) is 40.8 Å². The Morgan fingerprint density at radius 3 is 2.16 bits per heavy atom. The molecular formula is C45H42N2O7S. The van der Waals surface area contributed by atoms with E-state index in [4.69, 9.17) is 23.6 Å². The number of esters is 1. The summed E-state index contributed by atoms with van der Waals surface area (Å²) in [5.74, 6) is 0.465. The van der Waals surface area contributed by atoms with Gasteiger partial charge in [0.1, 0.15) is 5.69 Å². The third-order valence-electron chi connectivity index (χ3n) is 9.32.